The molecule has 0 aromatic heterocycles. The molecule has 4 aliphatic heterocycles. The van der Waals surface area contributed by atoms with Crippen molar-refractivity contribution in [3.63, 3.8) is 0 Å². The topological polar surface area (TPSA) is 100 Å². The van der Waals surface area contributed by atoms with Crippen LogP contribution in [0.4, 0.5) is 5.69 Å². The van der Waals surface area contributed by atoms with Crippen LogP contribution in [0.25, 0.3) is 0 Å². The predicted molar refractivity (Wildman–Crippen MR) is 216 cm³/mol. The van der Waals surface area contributed by atoms with Gasteiger partial charge in [-0.1, -0.05) is 12.1 Å². The number of carbonyl (C=O) groups excluding carboxylic acids is 1. The zero-order chi connectivity index (χ0) is 39.3. The number of ether oxygens (including phenoxy) is 7. The van der Waals surface area contributed by atoms with Gasteiger partial charge < -0.3 is 38.5 Å². The first-order valence-corrected chi connectivity index (χ1v) is 18.8. The number of anilines is 1. The number of nitrogens with zero attached hydrogens (tertiary/aromatic N) is 2. The highest BCUT2D eigenvalue weighted by Crippen LogP contribution is 2.49. The van der Waals surface area contributed by atoms with E-state index in [0.29, 0.717) is 82.5 Å². The van der Waals surface area contributed by atoms with E-state index in [1.54, 1.807) is 64.8 Å². The highest BCUT2D eigenvalue weighted by atomic mass is 16.5. The zero-order valence-electron chi connectivity index (χ0n) is 33.1. The molecule has 4 aliphatic rings. The van der Waals surface area contributed by atoms with E-state index in [9.17, 15) is 4.79 Å². The van der Waals surface area contributed by atoms with Crippen LogP contribution in [0.3, 0.4) is 0 Å². The van der Waals surface area contributed by atoms with Crippen LogP contribution in [0.15, 0.2) is 78.9 Å². The maximum atomic E-state index is 14.8. The summed E-state index contributed by atoms with van der Waals surface area (Å²) in [5.74, 6) is 4.81. The lowest BCUT2D eigenvalue weighted by atomic mass is 9.96. The first-order valence-electron chi connectivity index (χ1n) is 18.8. The third-order valence-corrected chi connectivity index (χ3v) is 10.5. The Balaban J connectivity index is 1.44. The quantitative estimate of drug-likeness (QED) is 0.159. The van der Waals surface area contributed by atoms with Crippen LogP contribution in [-0.2, 0) is 32.2 Å². The largest absolute Gasteiger partial charge is 0.497 e. The van der Waals surface area contributed by atoms with Crippen LogP contribution >= 0.6 is 0 Å². The number of aryl methyl sites for hydroxylation is 3. The summed E-state index contributed by atoms with van der Waals surface area (Å²) in [4.78, 5) is 14.8. The van der Waals surface area contributed by atoms with Crippen molar-refractivity contribution in [3.05, 3.63) is 118 Å². The van der Waals surface area contributed by atoms with Gasteiger partial charge in [0.25, 0.3) is 5.91 Å². The Labute approximate surface area is 328 Å². The first kappa shape index (κ1) is 38.4. The van der Waals surface area contributed by atoms with Gasteiger partial charge in [0, 0.05) is 30.3 Å². The summed E-state index contributed by atoms with van der Waals surface area (Å²) in [6, 6.07) is 25.2. The Hall–Kier alpha value is -5.91. The first-order chi connectivity index (χ1) is 27.3. The summed E-state index contributed by atoms with van der Waals surface area (Å²) in [5.41, 5.74) is 7.34. The molecule has 5 aromatic carbocycles. The van der Waals surface area contributed by atoms with Crippen molar-refractivity contribution < 1.29 is 38.0 Å². The van der Waals surface area contributed by atoms with Crippen molar-refractivity contribution in [3.8, 4) is 51.7 Å². The maximum absolute atomic E-state index is 14.8. The number of nitrogens with one attached hydrogen (secondary N) is 1. The van der Waals surface area contributed by atoms with Gasteiger partial charge in [-0.05, 0) is 135 Å². The monoisotopic (exact) mass is 759 g/mol. The third-order valence-electron chi connectivity index (χ3n) is 10.5. The number of amides is 1. The molecule has 11 heteroatoms. The second kappa shape index (κ2) is 16.8. The molecule has 11 nitrogen and oxygen atoms in total. The lowest BCUT2D eigenvalue weighted by Gasteiger charge is -2.39. The molecule has 9 rings (SSSR count). The van der Waals surface area contributed by atoms with Crippen LogP contribution in [-0.4, -0.2) is 66.6 Å². The minimum Gasteiger partial charge on any atom is -0.497 e. The Morgan fingerprint density at radius 1 is 0.732 bits per heavy atom. The van der Waals surface area contributed by atoms with Gasteiger partial charge in [-0.25, -0.2) is 10.0 Å². The molecule has 4 heterocycles. The van der Waals surface area contributed by atoms with E-state index in [-0.39, 0.29) is 5.91 Å². The molecule has 0 fully saturated rings. The summed E-state index contributed by atoms with van der Waals surface area (Å²) in [6.07, 6.45) is 2.99. The number of hydrogen-bond acceptors (Lipinski definition) is 10. The highest BCUT2D eigenvalue weighted by Gasteiger charge is 2.34. The number of fused-ring (bicyclic) bond motifs is 2. The van der Waals surface area contributed by atoms with Crippen molar-refractivity contribution in [2.24, 2.45) is 0 Å². The molecule has 0 radical (unpaired) electrons. The molecule has 1 N–H and O–H groups in total. The predicted octanol–water partition coefficient (Wildman–Crippen LogP) is 8.10. The summed E-state index contributed by atoms with van der Waals surface area (Å²) in [7, 11) is 10.0. The van der Waals surface area contributed by atoms with E-state index in [1.165, 1.54) is 11.1 Å². The normalized spacial score (nSPS) is 14.7. The van der Waals surface area contributed by atoms with Crippen molar-refractivity contribution in [2.45, 2.75) is 39.2 Å². The molecule has 292 valence electrons. The molecule has 1 unspecified atom stereocenters. The molecule has 1 amide bonds. The zero-order valence-corrected chi connectivity index (χ0v) is 33.1. The van der Waals surface area contributed by atoms with Crippen LogP contribution in [0.2, 0.25) is 0 Å². The minimum absolute atomic E-state index is 0.223. The fourth-order valence-corrected chi connectivity index (χ4v) is 7.45. The third kappa shape index (κ3) is 7.65. The van der Waals surface area contributed by atoms with Crippen molar-refractivity contribution in [1.29, 1.82) is 0 Å². The van der Waals surface area contributed by atoms with Gasteiger partial charge in [-0.3, -0.25) is 4.79 Å². The molecule has 0 saturated carbocycles. The molecule has 0 saturated heterocycles. The summed E-state index contributed by atoms with van der Waals surface area (Å²) in [6.45, 7) is 3.61. The second-order valence-electron chi connectivity index (χ2n) is 13.8. The Morgan fingerprint density at radius 2 is 1.45 bits per heavy atom. The summed E-state index contributed by atoms with van der Waals surface area (Å²) in [5, 5.41) is 7.05. The van der Waals surface area contributed by atoms with Crippen molar-refractivity contribution in [2.75, 3.05) is 60.7 Å². The average Bonchev–Trinajstić information content (AvgIpc) is 3.23. The lowest BCUT2D eigenvalue weighted by molar-refractivity contribution is 0.0878. The summed E-state index contributed by atoms with van der Waals surface area (Å²) >= 11 is 0. The van der Waals surface area contributed by atoms with Gasteiger partial charge in [0.05, 0.1) is 41.2 Å². The second-order valence-corrected chi connectivity index (χ2v) is 13.8. The van der Waals surface area contributed by atoms with Gasteiger partial charge in [0.1, 0.15) is 11.5 Å². The van der Waals surface area contributed by atoms with E-state index in [4.69, 9.17) is 33.2 Å². The number of hydrazine groups is 1. The molecular formula is C45H49N3O8. The fourth-order valence-electron chi connectivity index (χ4n) is 7.45. The van der Waals surface area contributed by atoms with Gasteiger partial charge >= 0.3 is 0 Å². The van der Waals surface area contributed by atoms with E-state index in [1.807, 2.05) is 49.3 Å². The number of methoxy groups -OCH3 is 5. The van der Waals surface area contributed by atoms with Crippen LogP contribution in [0.5, 0.6) is 51.7 Å². The van der Waals surface area contributed by atoms with Crippen LogP contribution < -0.4 is 43.5 Å². The number of carbonyl (C=O) groups is 1. The smallest absolute Gasteiger partial charge is 0.272 e. The van der Waals surface area contributed by atoms with E-state index >= 15 is 0 Å². The number of likely N-dealkylation sites (N-methyl/N-ethyl adjacent to an activating group) is 1. The standard InChI is InChI=1S/C45H49N3O8/c1-28-22-40-39(52-5)26-37(28)48(45(49)30-12-16-34(50-3)17-13-30)47-21-19-33-25-42(53-6)44(54-7)43(36(33)27-47)56-41-24-31(32(18-20-46-2)23-38(41)51-4)11-8-29-9-14-35(55-40)15-10-29/h9-10,12-17,22-26,46H,8,11,18-21,27H2,1-7H3. The van der Waals surface area contributed by atoms with Gasteiger partial charge in [0.2, 0.25) is 5.75 Å². The summed E-state index contributed by atoms with van der Waals surface area (Å²) < 4.78 is 42.6. The van der Waals surface area contributed by atoms with Gasteiger partial charge in [0.15, 0.2) is 34.5 Å². The Morgan fingerprint density at radius 3 is 2.12 bits per heavy atom. The van der Waals surface area contributed by atoms with Crippen molar-refractivity contribution in [1.82, 2.24) is 10.3 Å². The number of benzene rings is 5. The number of hydrogen-bond donors (Lipinski definition) is 1. The fraction of sp³-hybridized carbons (Fsp3) is 0.311. The lowest BCUT2D eigenvalue weighted by Crippen LogP contribution is -2.49. The van der Waals surface area contributed by atoms with Gasteiger partial charge in [-0.15, -0.1) is 0 Å². The van der Waals surface area contributed by atoms with E-state index in [2.05, 4.69) is 29.6 Å². The SMILES string of the molecule is CNCCc1cc(OC)c2cc1CCc1ccc(cc1)Oc1cc(C)c(cc1OC)N(C(=O)c1ccc(OC)cc1)N1CCc3cc(OC)c(OC)c(c3C1)O2. The molecule has 0 aliphatic carbocycles. The molecule has 5 aromatic rings. The Bertz CT molecular complexity index is 2200. The number of rotatable bonds is 9. The van der Waals surface area contributed by atoms with E-state index < -0.39 is 0 Å². The molecule has 1 atom stereocenters. The maximum Gasteiger partial charge on any atom is 0.272 e. The van der Waals surface area contributed by atoms with E-state index in [0.717, 1.165) is 48.1 Å². The van der Waals surface area contributed by atoms with Crippen LogP contribution in [0.1, 0.15) is 43.7 Å². The van der Waals surface area contributed by atoms with Gasteiger partial charge in [-0.2, -0.15) is 0 Å². The van der Waals surface area contributed by atoms with Crippen LogP contribution in [0, 0.1) is 6.92 Å². The molecule has 56 heavy (non-hydrogen) atoms. The average molecular weight is 760 g/mol. The molecule has 8 bridgehead atoms. The minimum atomic E-state index is -0.223. The molecule has 0 spiro atoms. The Kier molecular flexibility index (Phi) is 11.5. The molecular weight excluding hydrogens is 711 g/mol. The van der Waals surface area contributed by atoms with Crippen molar-refractivity contribution >= 4 is 11.6 Å². The highest BCUT2D eigenvalue weighted by molar-refractivity contribution is 6.06.